The molecule has 9 nitrogen and oxygen atoms in total. The average molecular weight is 1260 g/mol. The van der Waals surface area contributed by atoms with E-state index >= 15 is 0 Å². The van der Waals surface area contributed by atoms with Gasteiger partial charge in [-0.3, -0.25) is 18.6 Å². The van der Waals surface area contributed by atoms with Gasteiger partial charge in [-0.15, -0.1) is 0 Å². The lowest BCUT2D eigenvalue weighted by Crippen LogP contribution is -2.37. The lowest BCUT2D eigenvalue weighted by atomic mass is 10.0. The molecule has 0 heterocycles. The topological polar surface area (TPSA) is 108 Å². The first-order valence-electron chi connectivity index (χ1n) is 38.4. The van der Waals surface area contributed by atoms with E-state index in [1.807, 2.05) is 21.1 Å². The van der Waals surface area contributed by atoms with E-state index in [9.17, 15) is 19.0 Å². The highest BCUT2D eigenvalue weighted by molar-refractivity contribution is 7.47. The zero-order valence-corrected chi connectivity index (χ0v) is 60.1. The van der Waals surface area contributed by atoms with Gasteiger partial charge in [-0.1, -0.05) is 345 Å². The van der Waals surface area contributed by atoms with E-state index in [0.717, 1.165) is 44.9 Å². The Balaban J connectivity index is 3.95. The van der Waals surface area contributed by atoms with Gasteiger partial charge in [-0.2, -0.15) is 0 Å². The minimum atomic E-state index is -4.39. The van der Waals surface area contributed by atoms with Gasteiger partial charge in [0.15, 0.2) is 6.10 Å². The van der Waals surface area contributed by atoms with Crippen molar-refractivity contribution in [3.8, 4) is 0 Å². The monoisotopic (exact) mass is 1260 g/mol. The standard InChI is InChI=1S/C78H148NO8P/c1-6-8-10-12-14-16-18-20-22-24-26-28-30-32-34-36-38-39-41-43-45-47-49-51-53-55-57-59-61-63-65-67-69-71-78(81)87-76(75-86-88(82,83)85-73-72-79(3,4)5)74-84-77(80)70-68-66-64-62-60-58-56-54-52-50-48-46-44-42-40-37-35-33-31-29-27-25-23-21-19-17-15-13-11-9-7-2/h18,20,24-27,30,32,76H,6-17,19,21-23,28-29,31,33-75H2,1-5H3/p+1/b20-18-,26-24-,27-25-,32-30-. The third kappa shape index (κ3) is 73.0. The zero-order valence-electron chi connectivity index (χ0n) is 59.2. The smallest absolute Gasteiger partial charge is 0.462 e. The summed E-state index contributed by atoms with van der Waals surface area (Å²) < 4.78 is 34.8. The minimum Gasteiger partial charge on any atom is -0.462 e. The highest BCUT2D eigenvalue weighted by atomic mass is 31.2. The largest absolute Gasteiger partial charge is 0.472 e. The van der Waals surface area contributed by atoms with Gasteiger partial charge < -0.3 is 18.9 Å². The van der Waals surface area contributed by atoms with Crippen molar-refractivity contribution in [3.05, 3.63) is 48.6 Å². The van der Waals surface area contributed by atoms with E-state index in [4.69, 9.17) is 18.5 Å². The predicted octanol–water partition coefficient (Wildman–Crippen LogP) is 25.2. The SMILES string of the molecule is CCCCCCC/C=C\C/C=C\C/C=C\CCCCCCCCCCCCCCCCCCCCC(=O)OC(COC(=O)CCCCCCCCCCCCCCCCCCCCC/C=C\CCCCCCCCCC)COP(=O)(O)OCC[N+](C)(C)C. The lowest BCUT2D eigenvalue weighted by Gasteiger charge is -2.24. The molecule has 0 aliphatic rings. The molecule has 0 saturated carbocycles. The Morgan fingerprint density at radius 3 is 0.920 bits per heavy atom. The van der Waals surface area contributed by atoms with Crippen LogP contribution in [0.1, 0.15) is 386 Å². The number of phosphoric acid groups is 1. The molecular formula is C78H149NO8P+. The van der Waals surface area contributed by atoms with Crippen molar-refractivity contribution < 1.29 is 42.1 Å². The molecule has 0 aromatic carbocycles. The number of ether oxygens (including phenoxy) is 2. The number of hydrogen-bond donors (Lipinski definition) is 1. The number of phosphoric ester groups is 1. The molecule has 0 aliphatic heterocycles. The second-order valence-corrected chi connectivity index (χ2v) is 28.8. The number of hydrogen-bond acceptors (Lipinski definition) is 7. The maximum Gasteiger partial charge on any atom is 0.472 e. The van der Waals surface area contributed by atoms with Crippen LogP contribution in [-0.4, -0.2) is 74.9 Å². The molecule has 0 amide bonds. The van der Waals surface area contributed by atoms with Crippen molar-refractivity contribution >= 4 is 19.8 Å². The van der Waals surface area contributed by atoms with Gasteiger partial charge in [0.25, 0.3) is 0 Å². The van der Waals surface area contributed by atoms with Gasteiger partial charge in [-0.25, -0.2) is 4.57 Å². The van der Waals surface area contributed by atoms with Crippen molar-refractivity contribution in [1.82, 2.24) is 0 Å². The van der Waals surface area contributed by atoms with E-state index in [2.05, 4.69) is 62.5 Å². The number of likely N-dealkylation sites (N-methyl/N-ethyl adjacent to an activating group) is 1. The van der Waals surface area contributed by atoms with E-state index in [1.54, 1.807) is 0 Å². The Labute approximate surface area is 547 Å². The number of allylic oxidation sites excluding steroid dienone is 8. The van der Waals surface area contributed by atoms with Crippen LogP contribution in [-0.2, 0) is 32.7 Å². The Hall–Kier alpha value is -2.03. The van der Waals surface area contributed by atoms with Gasteiger partial charge >= 0.3 is 19.8 Å². The molecule has 0 aromatic heterocycles. The van der Waals surface area contributed by atoms with Crippen molar-refractivity contribution in [2.75, 3.05) is 47.5 Å². The van der Waals surface area contributed by atoms with Gasteiger partial charge in [0, 0.05) is 12.8 Å². The molecule has 0 bridgehead atoms. The van der Waals surface area contributed by atoms with Crippen molar-refractivity contribution in [2.45, 2.75) is 392 Å². The van der Waals surface area contributed by atoms with Crippen LogP contribution in [0.4, 0.5) is 0 Å². The maximum absolute atomic E-state index is 12.9. The molecular weight excluding hydrogens is 1110 g/mol. The average Bonchev–Trinajstić information content (AvgIpc) is 3.56. The van der Waals surface area contributed by atoms with Crippen LogP contribution >= 0.6 is 7.82 Å². The molecule has 0 fully saturated rings. The second kappa shape index (κ2) is 69.3. The summed E-state index contributed by atoms with van der Waals surface area (Å²) in [4.78, 5) is 35.9. The highest BCUT2D eigenvalue weighted by Crippen LogP contribution is 2.43. The Morgan fingerprint density at radius 1 is 0.352 bits per heavy atom. The van der Waals surface area contributed by atoms with Gasteiger partial charge in [0.1, 0.15) is 19.8 Å². The first-order valence-corrected chi connectivity index (χ1v) is 39.9. The summed E-state index contributed by atoms with van der Waals surface area (Å²) in [5.41, 5.74) is 0. The number of carbonyl (C=O) groups is 2. The van der Waals surface area contributed by atoms with E-state index < -0.39 is 26.5 Å². The Bertz CT molecular complexity index is 1620. The first kappa shape index (κ1) is 86.0. The normalized spacial score (nSPS) is 13.3. The summed E-state index contributed by atoms with van der Waals surface area (Å²) in [6.45, 7) is 4.49. The molecule has 0 radical (unpaired) electrons. The fourth-order valence-electron chi connectivity index (χ4n) is 11.4. The van der Waals surface area contributed by atoms with Gasteiger partial charge in [0.2, 0.25) is 0 Å². The third-order valence-corrected chi connectivity index (χ3v) is 18.3. The van der Waals surface area contributed by atoms with Crippen LogP contribution in [0.15, 0.2) is 48.6 Å². The summed E-state index contributed by atoms with van der Waals surface area (Å²) in [5.74, 6) is -0.775. The van der Waals surface area contributed by atoms with Crippen LogP contribution < -0.4 is 0 Å². The number of rotatable bonds is 72. The van der Waals surface area contributed by atoms with Crippen LogP contribution in [0.5, 0.6) is 0 Å². The second-order valence-electron chi connectivity index (χ2n) is 27.4. The summed E-state index contributed by atoms with van der Waals surface area (Å²) in [5, 5.41) is 0. The van der Waals surface area contributed by atoms with Gasteiger partial charge in [-0.05, 0) is 77.0 Å². The van der Waals surface area contributed by atoms with E-state index in [1.165, 1.54) is 308 Å². The van der Waals surface area contributed by atoms with E-state index in [0.29, 0.717) is 23.9 Å². The molecule has 1 N–H and O–H groups in total. The molecule has 10 heteroatoms. The zero-order chi connectivity index (χ0) is 64.1. The third-order valence-electron chi connectivity index (χ3n) is 17.3. The highest BCUT2D eigenvalue weighted by Gasteiger charge is 2.27. The molecule has 0 rings (SSSR count). The van der Waals surface area contributed by atoms with Crippen molar-refractivity contribution in [3.63, 3.8) is 0 Å². The summed E-state index contributed by atoms with van der Waals surface area (Å²) in [7, 11) is 1.50. The molecule has 0 aliphatic carbocycles. The lowest BCUT2D eigenvalue weighted by molar-refractivity contribution is -0.870. The number of esters is 2. The van der Waals surface area contributed by atoms with Crippen LogP contribution in [0.25, 0.3) is 0 Å². The number of unbranched alkanes of at least 4 members (excludes halogenated alkanes) is 50. The first-order chi connectivity index (χ1) is 43.0. The number of carbonyl (C=O) groups excluding carboxylic acids is 2. The Kier molecular flexibility index (Phi) is 67.7. The Morgan fingerprint density at radius 2 is 0.614 bits per heavy atom. The van der Waals surface area contributed by atoms with Crippen molar-refractivity contribution in [1.29, 1.82) is 0 Å². The van der Waals surface area contributed by atoms with Crippen LogP contribution in [0.2, 0.25) is 0 Å². The minimum absolute atomic E-state index is 0.0340. The van der Waals surface area contributed by atoms with E-state index in [-0.39, 0.29) is 25.6 Å². The predicted molar refractivity (Wildman–Crippen MR) is 381 cm³/mol. The molecule has 0 saturated heterocycles. The number of nitrogens with zero attached hydrogens (tertiary/aromatic N) is 1. The summed E-state index contributed by atoms with van der Waals surface area (Å²) in [6.07, 6.45) is 91.0. The molecule has 88 heavy (non-hydrogen) atoms. The molecule has 2 unspecified atom stereocenters. The summed E-state index contributed by atoms with van der Waals surface area (Å²) >= 11 is 0. The molecule has 0 aromatic rings. The molecule has 0 spiro atoms. The summed E-state index contributed by atoms with van der Waals surface area (Å²) in [6, 6.07) is 0. The fourth-order valence-corrected chi connectivity index (χ4v) is 12.2. The van der Waals surface area contributed by atoms with Crippen LogP contribution in [0, 0.1) is 0 Å². The number of quaternary nitrogens is 1. The van der Waals surface area contributed by atoms with Crippen molar-refractivity contribution in [2.24, 2.45) is 0 Å². The maximum atomic E-state index is 12.9. The van der Waals surface area contributed by atoms with Gasteiger partial charge in [0.05, 0.1) is 27.7 Å². The fraction of sp³-hybridized carbons (Fsp3) is 0.872. The van der Waals surface area contributed by atoms with Crippen LogP contribution in [0.3, 0.4) is 0 Å². The quantitative estimate of drug-likeness (QED) is 0.0211. The molecule has 518 valence electrons. The molecule has 2 atom stereocenters.